The molecule has 0 aliphatic heterocycles. The molecule has 1 aromatic carbocycles. The van der Waals surface area contributed by atoms with E-state index in [9.17, 15) is 4.79 Å². The SMILES string of the molecule is CN(Cc1c(Cl)n(C)c2ccccc12)C(=O)C=Cc1ccc(N)nc1. The highest BCUT2D eigenvalue weighted by atomic mass is 35.5. The molecule has 6 heteroatoms. The molecule has 0 bridgehead atoms. The first-order valence-corrected chi connectivity index (χ1v) is 8.21. The van der Waals surface area contributed by atoms with Gasteiger partial charge in [-0.1, -0.05) is 29.8 Å². The van der Waals surface area contributed by atoms with Crippen LogP contribution in [0.5, 0.6) is 0 Å². The monoisotopic (exact) mass is 354 g/mol. The number of rotatable bonds is 4. The lowest BCUT2D eigenvalue weighted by Gasteiger charge is -2.15. The molecule has 3 rings (SSSR count). The molecule has 2 heterocycles. The number of hydrogen-bond donors (Lipinski definition) is 1. The van der Waals surface area contributed by atoms with Gasteiger partial charge in [-0.05, 0) is 29.8 Å². The smallest absolute Gasteiger partial charge is 0.246 e. The summed E-state index contributed by atoms with van der Waals surface area (Å²) in [4.78, 5) is 18.0. The summed E-state index contributed by atoms with van der Waals surface area (Å²) in [6, 6.07) is 11.5. The second-order valence-corrected chi connectivity index (χ2v) is 6.25. The Kier molecular flexibility index (Phi) is 4.76. The van der Waals surface area contributed by atoms with E-state index in [0.29, 0.717) is 17.5 Å². The summed E-state index contributed by atoms with van der Waals surface area (Å²) < 4.78 is 1.93. The number of anilines is 1. The maximum absolute atomic E-state index is 12.4. The van der Waals surface area contributed by atoms with Crippen molar-refractivity contribution in [1.82, 2.24) is 14.5 Å². The quantitative estimate of drug-likeness (QED) is 0.729. The molecule has 0 saturated carbocycles. The van der Waals surface area contributed by atoms with Crippen LogP contribution in [0.25, 0.3) is 17.0 Å². The number of nitrogens with two attached hydrogens (primary N) is 1. The predicted octanol–water partition coefficient (Wildman–Crippen LogP) is 3.48. The van der Waals surface area contributed by atoms with Gasteiger partial charge in [0.1, 0.15) is 11.0 Å². The number of benzene rings is 1. The molecule has 128 valence electrons. The van der Waals surface area contributed by atoms with Crippen molar-refractivity contribution in [2.45, 2.75) is 6.54 Å². The number of halogens is 1. The fourth-order valence-corrected chi connectivity index (χ4v) is 2.97. The van der Waals surface area contributed by atoms with Crippen molar-refractivity contribution in [3.8, 4) is 0 Å². The van der Waals surface area contributed by atoms with Crippen molar-refractivity contribution < 1.29 is 4.79 Å². The van der Waals surface area contributed by atoms with Crippen LogP contribution in [0.4, 0.5) is 5.82 Å². The van der Waals surface area contributed by atoms with Gasteiger partial charge >= 0.3 is 0 Å². The van der Waals surface area contributed by atoms with Crippen molar-refractivity contribution >= 4 is 40.3 Å². The van der Waals surface area contributed by atoms with Gasteiger partial charge in [-0.2, -0.15) is 0 Å². The summed E-state index contributed by atoms with van der Waals surface area (Å²) in [5, 5.41) is 1.70. The first kappa shape index (κ1) is 17.0. The number of carbonyl (C=O) groups excluding carboxylic acids is 1. The Labute approximate surface area is 151 Å². The van der Waals surface area contributed by atoms with E-state index in [1.165, 1.54) is 6.08 Å². The predicted molar refractivity (Wildman–Crippen MR) is 102 cm³/mol. The molecule has 3 aromatic rings. The molecular formula is C19H19ClN4O. The van der Waals surface area contributed by atoms with E-state index in [1.54, 1.807) is 30.3 Å². The highest BCUT2D eigenvalue weighted by Gasteiger charge is 2.16. The average molecular weight is 355 g/mol. The van der Waals surface area contributed by atoms with E-state index in [0.717, 1.165) is 22.0 Å². The van der Waals surface area contributed by atoms with Crippen LogP contribution in [-0.2, 0) is 18.4 Å². The molecule has 25 heavy (non-hydrogen) atoms. The van der Waals surface area contributed by atoms with Gasteiger partial charge in [-0.3, -0.25) is 4.79 Å². The summed E-state index contributed by atoms with van der Waals surface area (Å²) in [5.74, 6) is 0.340. The molecule has 0 aliphatic carbocycles. The van der Waals surface area contributed by atoms with Crippen LogP contribution in [0.15, 0.2) is 48.7 Å². The number of aromatic nitrogens is 2. The van der Waals surface area contributed by atoms with E-state index in [-0.39, 0.29) is 5.91 Å². The lowest BCUT2D eigenvalue weighted by Crippen LogP contribution is -2.24. The van der Waals surface area contributed by atoms with Gasteiger partial charge in [0, 0.05) is 49.4 Å². The van der Waals surface area contributed by atoms with Gasteiger partial charge in [0.15, 0.2) is 0 Å². The van der Waals surface area contributed by atoms with Crippen molar-refractivity contribution in [3.63, 3.8) is 0 Å². The summed E-state index contributed by atoms with van der Waals surface area (Å²) in [6.45, 7) is 0.434. The molecule has 0 unspecified atom stereocenters. The summed E-state index contributed by atoms with van der Waals surface area (Å²) in [6.07, 6.45) is 4.86. The maximum atomic E-state index is 12.4. The zero-order chi connectivity index (χ0) is 18.0. The van der Waals surface area contributed by atoms with E-state index < -0.39 is 0 Å². The van der Waals surface area contributed by atoms with Crippen LogP contribution < -0.4 is 5.73 Å². The number of amides is 1. The van der Waals surface area contributed by atoms with Crippen molar-refractivity contribution in [2.75, 3.05) is 12.8 Å². The molecule has 0 aliphatic rings. The minimum Gasteiger partial charge on any atom is -0.384 e. The number of hydrogen-bond acceptors (Lipinski definition) is 3. The highest BCUT2D eigenvalue weighted by molar-refractivity contribution is 6.32. The molecular weight excluding hydrogens is 336 g/mol. The van der Waals surface area contributed by atoms with Gasteiger partial charge in [0.2, 0.25) is 5.91 Å². The highest BCUT2D eigenvalue weighted by Crippen LogP contribution is 2.29. The van der Waals surface area contributed by atoms with E-state index in [1.807, 2.05) is 41.9 Å². The zero-order valence-electron chi connectivity index (χ0n) is 14.1. The Morgan fingerprint density at radius 1 is 1.32 bits per heavy atom. The van der Waals surface area contributed by atoms with Crippen LogP contribution in [0.3, 0.4) is 0 Å². The first-order valence-electron chi connectivity index (χ1n) is 7.84. The number of para-hydroxylation sites is 1. The minimum atomic E-state index is -0.110. The molecule has 0 saturated heterocycles. The third-order valence-corrected chi connectivity index (χ3v) is 4.61. The molecule has 0 radical (unpaired) electrons. The third-order valence-electron chi connectivity index (χ3n) is 4.13. The Morgan fingerprint density at radius 3 is 2.80 bits per heavy atom. The summed E-state index contributed by atoms with van der Waals surface area (Å²) in [7, 11) is 3.68. The molecule has 0 fully saturated rings. The Bertz CT molecular complexity index is 944. The Morgan fingerprint density at radius 2 is 2.08 bits per heavy atom. The van der Waals surface area contributed by atoms with E-state index in [4.69, 9.17) is 17.3 Å². The minimum absolute atomic E-state index is 0.110. The fourth-order valence-electron chi connectivity index (χ4n) is 2.72. The summed E-state index contributed by atoms with van der Waals surface area (Å²) in [5.41, 5.74) is 8.36. The van der Waals surface area contributed by atoms with Crippen molar-refractivity contribution in [2.24, 2.45) is 7.05 Å². The van der Waals surface area contributed by atoms with E-state index in [2.05, 4.69) is 4.98 Å². The first-order chi connectivity index (χ1) is 12.0. The lowest BCUT2D eigenvalue weighted by atomic mass is 10.1. The van der Waals surface area contributed by atoms with Crippen molar-refractivity contribution in [3.05, 3.63) is 65.0 Å². The number of nitrogen functional groups attached to an aromatic ring is 1. The van der Waals surface area contributed by atoms with Crippen LogP contribution in [0, 0.1) is 0 Å². The standard InChI is InChI=1S/C19H19ClN4O/c1-23(18(25)10-8-13-7-9-17(21)22-11-13)12-15-14-5-3-4-6-16(14)24(2)19(15)20/h3-11H,12H2,1-2H3,(H2,21,22). The van der Waals surface area contributed by atoms with Crippen LogP contribution in [0.1, 0.15) is 11.1 Å². The molecule has 1 amide bonds. The number of pyridine rings is 1. The molecule has 2 N–H and O–H groups in total. The number of nitrogens with zero attached hydrogens (tertiary/aromatic N) is 3. The number of carbonyl (C=O) groups is 1. The van der Waals surface area contributed by atoms with Crippen molar-refractivity contribution in [1.29, 1.82) is 0 Å². The van der Waals surface area contributed by atoms with Gasteiger partial charge in [0.25, 0.3) is 0 Å². The molecule has 0 spiro atoms. The summed E-state index contributed by atoms with van der Waals surface area (Å²) >= 11 is 6.46. The second-order valence-electron chi connectivity index (χ2n) is 5.89. The van der Waals surface area contributed by atoms with Gasteiger partial charge in [0.05, 0.1) is 0 Å². The van der Waals surface area contributed by atoms with Gasteiger partial charge < -0.3 is 15.2 Å². The van der Waals surface area contributed by atoms with Crippen LogP contribution in [0.2, 0.25) is 5.15 Å². The number of likely N-dealkylation sites (N-methyl/N-ethyl adjacent to an activating group) is 1. The number of aryl methyl sites for hydroxylation is 1. The normalized spacial score (nSPS) is 11.3. The molecule has 0 atom stereocenters. The Hall–Kier alpha value is -2.79. The molecule has 5 nitrogen and oxygen atoms in total. The van der Waals surface area contributed by atoms with Gasteiger partial charge in [-0.15, -0.1) is 0 Å². The maximum Gasteiger partial charge on any atom is 0.246 e. The second kappa shape index (κ2) is 6.99. The lowest BCUT2D eigenvalue weighted by molar-refractivity contribution is -0.125. The van der Waals surface area contributed by atoms with Crippen LogP contribution >= 0.6 is 11.6 Å². The Balaban J connectivity index is 1.78. The topological polar surface area (TPSA) is 64.2 Å². The van der Waals surface area contributed by atoms with Crippen LogP contribution in [-0.4, -0.2) is 27.4 Å². The third kappa shape index (κ3) is 3.51. The van der Waals surface area contributed by atoms with Gasteiger partial charge in [-0.25, -0.2) is 4.98 Å². The fraction of sp³-hybridized carbons (Fsp3) is 0.158. The number of fused-ring (bicyclic) bond motifs is 1. The zero-order valence-corrected chi connectivity index (χ0v) is 14.9. The van der Waals surface area contributed by atoms with E-state index >= 15 is 0 Å². The average Bonchev–Trinajstić information content (AvgIpc) is 2.86. The largest absolute Gasteiger partial charge is 0.384 e. The molecule has 2 aromatic heterocycles.